The summed E-state index contributed by atoms with van der Waals surface area (Å²) in [5.74, 6) is 1.06. The quantitative estimate of drug-likeness (QED) is 0.856. The lowest BCUT2D eigenvalue weighted by atomic mass is 10.2. The van der Waals surface area contributed by atoms with Gasteiger partial charge in [-0.1, -0.05) is 0 Å². The van der Waals surface area contributed by atoms with Crippen molar-refractivity contribution in [1.82, 2.24) is 15.0 Å². The van der Waals surface area contributed by atoms with Crippen LogP contribution in [0.1, 0.15) is 6.42 Å². The largest absolute Gasteiger partial charge is 0.366 e. The molecule has 0 aromatic carbocycles. The number of pyridine rings is 1. The summed E-state index contributed by atoms with van der Waals surface area (Å²) in [6.07, 6.45) is 5.43. The monoisotopic (exact) mass is 264 g/mol. The first-order chi connectivity index (χ1) is 8.64. The Hall–Kier alpha value is -1.76. The highest BCUT2D eigenvalue weighted by Crippen LogP contribution is 2.21. The van der Waals surface area contributed by atoms with Gasteiger partial charge in [-0.05, 0) is 12.5 Å². The van der Waals surface area contributed by atoms with Crippen molar-refractivity contribution in [2.75, 3.05) is 16.8 Å². The lowest BCUT2D eigenvalue weighted by molar-refractivity contribution is 0.602. The van der Waals surface area contributed by atoms with E-state index in [-0.39, 0.29) is 17.5 Å². The predicted octanol–water partition coefficient (Wildman–Crippen LogP) is 0.624. The Labute approximate surface area is 104 Å². The summed E-state index contributed by atoms with van der Waals surface area (Å²) in [6.45, 7) is 0. The van der Waals surface area contributed by atoms with Crippen LogP contribution in [0.4, 0.5) is 5.82 Å². The molecule has 0 amide bonds. The van der Waals surface area contributed by atoms with Crippen LogP contribution in [0.15, 0.2) is 24.8 Å². The molecule has 1 aliphatic heterocycles. The summed E-state index contributed by atoms with van der Waals surface area (Å²) < 4.78 is 22.8. The fraction of sp³-hybridized carbons (Fsp3) is 0.364. The topological polar surface area (TPSA) is 84.8 Å². The van der Waals surface area contributed by atoms with Gasteiger partial charge in [-0.3, -0.25) is 4.98 Å². The van der Waals surface area contributed by atoms with E-state index in [1.165, 1.54) is 6.33 Å². The van der Waals surface area contributed by atoms with Crippen molar-refractivity contribution in [3.8, 4) is 0 Å². The van der Waals surface area contributed by atoms with Crippen LogP contribution in [-0.4, -0.2) is 40.9 Å². The van der Waals surface area contributed by atoms with Gasteiger partial charge in [0.15, 0.2) is 9.84 Å². The second kappa shape index (κ2) is 4.16. The van der Waals surface area contributed by atoms with Crippen LogP contribution >= 0.6 is 0 Å². The third kappa shape index (κ3) is 2.13. The van der Waals surface area contributed by atoms with Gasteiger partial charge < -0.3 is 5.32 Å². The van der Waals surface area contributed by atoms with Gasteiger partial charge in [0.25, 0.3) is 0 Å². The summed E-state index contributed by atoms with van der Waals surface area (Å²) in [6, 6.07) is 1.72. The third-order valence-corrected chi connectivity index (χ3v) is 4.78. The molecule has 1 aliphatic rings. The van der Waals surface area contributed by atoms with Gasteiger partial charge in [0, 0.05) is 18.4 Å². The molecule has 2 aromatic heterocycles. The molecule has 0 aliphatic carbocycles. The number of hydrogen-bond acceptors (Lipinski definition) is 6. The standard InChI is InChI=1S/C11H12N4O2S/c16-18(17)4-2-8(6-18)15-11-9-5-12-3-1-10(9)13-7-14-11/h1,3,5,7-8H,2,4,6H2,(H,13,14,15). The van der Waals surface area contributed by atoms with Crippen LogP contribution in [0, 0.1) is 0 Å². The highest BCUT2D eigenvalue weighted by atomic mass is 32.2. The van der Waals surface area contributed by atoms with Gasteiger partial charge in [0.05, 0.1) is 22.4 Å². The van der Waals surface area contributed by atoms with E-state index >= 15 is 0 Å². The van der Waals surface area contributed by atoms with E-state index in [2.05, 4.69) is 20.3 Å². The fourth-order valence-electron chi connectivity index (χ4n) is 2.12. The molecule has 3 rings (SSSR count). The van der Waals surface area contributed by atoms with E-state index in [4.69, 9.17) is 0 Å². The molecule has 94 valence electrons. The van der Waals surface area contributed by atoms with E-state index in [0.29, 0.717) is 12.2 Å². The maximum absolute atomic E-state index is 11.4. The number of nitrogens with one attached hydrogen (secondary N) is 1. The van der Waals surface area contributed by atoms with Crippen LogP contribution < -0.4 is 5.32 Å². The van der Waals surface area contributed by atoms with E-state index in [1.807, 2.05) is 0 Å². The minimum Gasteiger partial charge on any atom is -0.366 e. The molecular formula is C11H12N4O2S. The Bertz CT molecular complexity index is 681. The molecule has 0 saturated carbocycles. The average molecular weight is 264 g/mol. The Kier molecular flexibility index (Phi) is 2.62. The number of sulfone groups is 1. The van der Waals surface area contributed by atoms with Crippen molar-refractivity contribution in [2.45, 2.75) is 12.5 Å². The SMILES string of the molecule is O=S1(=O)CCC(Nc2ncnc3ccncc23)C1. The summed E-state index contributed by atoms with van der Waals surface area (Å²) in [7, 11) is -2.89. The fourth-order valence-corrected chi connectivity index (χ4v) is 3.79. The first-order valence-electron chi connectivity index (χ1n) is 5.66. The molecule has 0 radical (unpaired) electrons. The first-order valence-corrected chi connectivity index (χ1v) is 7.48. The second-order valence-corrected chi connectivity index (χ2v) is 6.59. The van der Waals surface area contributed by atoms with Crippen molar-refractivity contribution in [1.29, 1.82) is 0 Å². The van der Waals surface area contributed by atoms with Crippen molar-refractivity contribution in [2.24, 2.45) is 0 Å². The van der Waals surface area contributed by atoms with E-state index in [9.17, 15) is 8.42 Å². The van der Waals surface area contributed by atoms with Crippen LogP contribution in [0.25, 0.3) is 10.9 Å². The number of hydrogen-bond donors (Lipinski definition) is 1. The third-order valence-electron chi connectivity index (χ3n) is 3.01. The van der Waals surface area contributed by atoms with Gasteiger partial charge in [0.2, 0.25) is 0 Å². The molecule has 18 heavy (non-hydrogen) atoms. The van der Waals surface area contributed by atoms with Crippen molar-refractivity contribution in [3.05, 3.63) is 24.8 Å². The number of nitrogens with zero attached hydrogens (tertiary/aromatic N) is 3. The molecule has 1 fully saturated rings. The molecule has 1 unspecified atom stereocenters. The minimum absolute atomic E-state index is 0.0756. The predicted molar refractivity (Wildman–Crippen MR) is 68.0 cm³/mol. The lowest BCUT2D eigenvalue weighted by Gasteiger charge is -2.12. The zero-order chi connectivity index (χ0) is 12.6. The molecule has 1 atom stereocenters. The molecular weight excluding hydrogens is 252 g/mol. The Balaban J connectivity index is 1.92. The molecule has 1 saturated heterocycles. The van der Waals surface area contributed by atoms with Gasteiger partial charge >= 0.3 is 0 Å². The first kappa shape index (κ1) is 11.3. The highest BCUT2D eigenvalue weighted by molar-refractivity contribution is 7.91. The van der Waals surface area contributed by atoms with Crippen molar-refractivity contribution >= 4 is 26.6 Å². The molecule has 6 nitrogen and oxygen atoms in total. The highest BCUT2D eigenvalue weighted by Gasteiger charge is 2.28. The molecule has 2 aromatic rings. The summed E-state index contributed by atoms with van der Waals surface area (Å²) >= 11 is 0. The van der Waals surface area contributed by atoms with E-state index < -0.39 is 9.84 Å². The summed E-state index contributed by atoms with van der Waals surface area (Å²) in [4.78, 5) is 12.3. The maximum Gasteiger partial charge on any atom is 0.152 e. The Morgan fingerprint density at radius 3 is 3.00 bits per heavy atom. The van der Waals surface area contributed by atoms with Gasteiger partial charge in [-0.15, -0.1) is 0 Å². The smallest absolute Gasteiger partial charge is 0.152 e. The molecule has 0 spiro atoms. The van der Waals surface area contributed by atoms with Gasteiger partial charge in [-0.2, -0.15) is 0 Å². The maximum atomic E-state index is 11.4. The lowest BCUT2D eigenvalue weighted by Crippen LogP contribution is -2.21. The van der Waals surface area contributed by atoms with Crippen LogP contribution in [-0.2, 0) is 9.84 Å². The Morgan fingerprint density at radius 1 is 1.33 bits per heavy atom. The molecule has 0 bridgehead atoms. The van der Waals surface area contributed by atoms with Gasteiger partial charge in [0.1, 0.15) is 12.1 Å². The minimum atomic E-state index is -2.89. The normalized spacial score (nSPS) is 22.1. The van der Waals surface area contributed by atoms with Gasteiger partial charge in [-0.25, -0.2) is 18.4 Å². The summed E-state index contributed by atoms with van der Waals surface area (Å²) in [5.41, 5.74) is 0.795. The van der Waals surface area contributed by atoms with Crippen LogP contribution in [0.3, 0.4) is 0 Å². The number of aromatic nitrogens is 3. The summed E-state index contributed by atoms with van der Waals surface area (Å²) in [5, 5.41) is 3.98. The van der Waals surface area contributed by atoms with E-state index in [0.717, 1.165) is 10.9 Å². The zero-order valence-electron chi connectivity index (χ0n) is 9.57. The van der Waals surface area contributed by atoms with Crippen molar-refractivity contribution < 1.29 is 8.42 Å². The number of rotatable bonds is 2. The van der Waals surface area contributed by atoms with Crippen LogP contribution in [0.5, 0.6) is 0 Å². The molecule has 1 N–H and O–H groups in total. The number of fused-ring (bicyclic) bond motifs is 1. The second-order valence-electron chi connectivity index (χ2n) is 4.36. The molecule has 3 heterocycles. The average Bonchev–Trinajstić information content (AvgIpc) is 2.69. The molecule has 7 heteroatoms. The number of anilines is 1. The zero-order valence-corrected chi connectivity index (χ0v) is 10.4. The Morgan fingerprint density at radius 2 is 2.22 bits per heavy atom. The van der Waals surface area contributed by atoms with E-state index in [1.54, 1.807) is 18.5 Å². The van der Waals surface area contributed by atoms with Crippen LogP contribution in [0.2, 0.25) is 0 Å². The van der Waals surface area contributed by atoms with Crippen molar-refractivity contribution in [3.63, 3.8) is 0 Å².